The molecule has 1 N–H and O–H groups in total. The van der Waals surface area contributed by atoms with Gasteiger partial charge in [0, 0.05) is 37.8 Å². The number of piperazine rings is 1. The molecule has 0 aliphatic carbocycles. The second-order valence-electron chi connectivity index (χ2n) is 7.78. The van der Waals surface area contributed by atoms with Crippen molar-refractivity contribution < 1.29 is 9.53 Å². The van der Waals surface area contributed by atoms with E-state index >= 15 is 0 Å². The van der Waals surface area contributed by atoms with Crippen LogP contribution in [0.15, 0.2) is 0 Å². The Labute approximate surface area is 128 Å². The van der Waals surface area contributed by atoms with Gasteiger partial charge in [0.2, 0.25) is 0 Å². The van der Waals surface area contributed by atoms with Crippen molar-refractivity contribution in [1.29, 1.82) is 0 Å². The molecule has 21 heavy (non-hydrogen) atoms. The zero-order valence-electron chi connectivity index (χ0n) is 13.6. The van der Waals surface area contributed by atoms with Crippen LogP contribution in [0.1, 0.15) is 46.5 Å². The van der Waals surface area contributed by atoms with Gasteiger partial charge in [-0.05, 0) is 46.6 Å². The van der Waals surface area contributed by atoms with Crippen LogP contribution in [-0.4, -0.2) is 65.8 Å². The highest BCUT2D eigenvalue weighted by Gasteiger charge is 2.46. The van der Waals surface area contributed by atoms with Crippen LogP contribution in [0.5, 0.6) is 0 Å². The molecule has 3 aliphatic rings. The average Bonchev–Trinajstić information content (AvgIpc) is 2.97. The van der Waals surface area contributed by atoms with E-state index in [-0.39, 0.29) is 6.09 Å². The number of rotatable bonds is 2. The molecule has 3 rings (SSSR count). The van der Waals surface area contributed by atoms with Crippen LogP contribution in [0.2, 0.25) is 0 Å². The number of nitrogens with one attached hydrogen (secondary N) is 1. The van der Waals surface area contributed by atoms with Crippen LogP contribution in [0.25, 0.3) is 0 Å². The zero-order valence-corrected chi connectivity index (χ0v) is 13.6. The molecule has 5 nitrogen and oxygen atoms in total. The molecule has 3 aliphatic heterocycles. The summed E-state index contributed by atoms with van der Waals surface area (Å²) in [6.45, 7) is 9.95. The van der Waals surface area contributed by atoms with Gasteiger partial charge in [-0.3, -0.25) is 4.90 Å². The van der Waals surface area contributed by atoms with Crippen molar-refractivity contribution in [2.24, 2.45) is 0 Å². The molecule has 3 saturated heterocycles. The minimum Gasteiger partial charge on any atom is -0.444 e. The molecule has 3 fully saturated rings. The lowest BCUT2D eigenvalue weighted by molar-refractivity contribution is 0.0121. The molecule has 0 saturated carbocycles. The molecule has 3 unspecified atom stereocenters. The summed E-state index contributed by atoms with van der Waals surface area (Å²) in [6.07, 6.45) is 4.94. The van der Waals surface area contributed by atoms with E-state index in [1.54, 1.807) is 0 Å². The number of ether oxygens (including phenoxy) is 1. The summed E-state index contributed by atoms with van der Waals surface area (Å²) in [5.74, 6) is 0. The van der Waals surface area contributed by atoms with Gasteiger partial charge >= 0.3 is 6.09 Å². The molecule has 0 aromatic rings. The molecular formula is C16H29N3O2. The fourth-order valence-electron chi connectivity index (χ4n) is 3.88. The average molecular weight is 295 g/mol. The lowest BCUT2D eigenvalue weighted by Crippen LogP contribution is -2.53. The van der Waals surface area contributed by atoms with Crippen LogP contribution < -0.4 is 5.32 Å². The molecule has 5 heteroatoms. The van der Waals surface area contributed by atoms with E-state index < -0.39 is 5.60 Å². The Morgan fingerprint density at radius 2 is 2.05 bits per heavy atom. The Hall–Kier alpha value is -0.810. The first-order valence-electron chi connectivity index (χ1n) is 8.39. The number of fused-ring (bicyclic) bond motifs is 2. The van der Waals surface area contributed by atoms with E-state index in [1.807, 2.05) is 25.7 Å². The third kappa shape index (κ3) is 3.51. The van der Waals surface area contributed by atoms with Crippen molar-refractivity contribution in [3.8, 4) is 0 Å². The van der Waals surface area contributed by atoms with Crippen molar-refractivity contribution in [3.05, 3.63) is 0 Å². The van der Waals surface area contributed by atoms with E-state index in [0.29, 0.717) is 18.1 Å². The first-order chi connectivity index (χ1) is 9.92. The van der Waals surface area contributed by atoms with Gasteiger partial charge in [0.05, 0.1) is 0 Å². The molecular weight excluding hydrogens is 266 g/mol. The summed E-state index contributed by atoms with van der Waals surface area (Å²) in [4.78, 5) is 16.7. The minimum absolute atomic E-state index is 0.134. The van der Waals surface area contributed by atoms with Gasteiger partial charge in [-0.25, -0.2) is 4.79 Å². The molecule has 3 atom stereocenters. The topological polar surface area (TPSA) is 44.8 Å². The summed E-state index contributed by atoms with van der Waals surface area (Å²) < 4.78 is 5.52. The molecule has 1 amide bonds. The van der Waals surface area contributed by atoms with E-state index in [0.717, 1.165) is 32.6 Å². The predicted octanol–water partition coefficient (Wildman–Crippen LogP) is 1.82. The van der Waals surface area contributed by atoms with Crippen LogP contribution in [0, 0.1) is 0 Å². The Kier molecular flexibility index (Phi) is 4.14. The fraction of sp³-hybridized carbons (Fsp3) is 0.938. The summed E-state index contributed by atoms with van der Waals surface area (Å²) in [7, 11) is 0. The third-order valence-electron chi connectivity index (χ3n) is 4.85. The standard InChI is InChI=1S/C16H29N3O2/c1-16(2,3)21-15(20)19-11-13-8-14(19)10-18(13)9-12-6-4-5-7-17-12/h12-14,17H,4-11H2,1-3H3. The lowest BCUT2D eigenvalue weighted by atomic mass is 10.0. The van der Waals surface area contributed by atoms with Crippen molar-refractivity contribution in [3.63, 3.8) is 0 Å². The molecule has 0 aromatic heterocycles. The van der Waals surface area contributed by atoms with Crippen molar-refractivity contribution in [2.75, 3.05) is 26.2 Å². The van der Waals surface area contributed by atoms with Gasteiger partial charge in [0.1, 0.15) is 5.60 Å². The molecule has 0 radical (unpaired) electrons. The van der Waals surface area contributed by atoms with Gasteiger partial charge in [-0.1, -0.05) is 6.42 Å². The second-order valence-corrected chi connectivity index (χ2v) is 7.78. The number of carbonyl (C=O) groups is 1. The van der Waals surface area contributed by atoms with Crippen molar-refractivity contribution in [1.82, 2.24) is 15.1 Å². The number of nitrogens with zero attached hydrogens (tertiary/aromatic N) is 2. The Bertz CT molecular complexity index is 387. The smallest absolute Gasteiger partial charge is 0.410 e. The fourth-order valence-corrected chi connectivity index (χ4v) is 3.88. The van der Waals surface area contributed by atoms with Crippen LogP contribution in [0.4, 0.5) is 4.79 Å². The molecule has 3 heterocycles. The summed E-state index contributed by atoms with van der Waals surface area (Å²) in [5, 5.41) is 3.62. The first kappa shape index (κ1) is 15.1. The van der Waals surface area contributed by atoms with Crippen LogP contribution >= 0.6 is 0 Å². The van der Waals surface area contributed by atoms with Gasteiger partial charge in [-0.2, -0.15) is 0 Å². The Morgan fingerprint density at radius 3 is 2.62 bits per heavy atom. The number of piperidine rings is 1. The highest BCUT2D eigenvalue weighted by Crippen LogP contribution is 2.32. The lowest BCUT2D eigenvalue weighted by Gasteiger charge is -2.37. The van der Waals surface area contributed by atoms with Crippen molar-refractivity contribution >= 4 is 6.09 Å². The maximum atomic E-state index is 12.2. The first-order valence-corrected chi connectivity index (χ1v) is 8.39. The Morgan fingerprint density at radius 1 is 1.24 bits per heavy atom. The van der Waals surface area contributed by atoms with Gasteiger partial charge in [0.25, 0.3) is 0 Å². The SMILES string of the molecule is CC(C)(C)OC(=O)N1CC2CC1CN2CC1CCCCN1. The monoisotopic (exact) mass is 295 g/mol. The largest absolute Gasteiger partial charge is 0.444 e. The number of hydrogen-bond donors (Lipinski definition) is 1. The Balaban J connectivity index is 1.50. The maximum absolute atomic E-state index is 12.2. The zero-order chi connectivity index (χ0) is 15.0. The number of hydrogen-bond acceptors (Lipinski definition) is 4. The quantitative estimate of drug-likeness (QED) is 0.844. The maximum Gasteiger partial charge on any atom is 0.410 e. The van der Waals surface area contributed by atoms with Gasteiger partial charge < -0.3 is 15.0 Å². The molecule has 0 spiro atoms. The minimum atomic E-state index is -0.398. The molecule has 120 valence electrons. The predicted molar refractivity (Wildman–Crippen MR) is 82.3 cm³/mol. The van der Waals surface area contributed by atoms with E-state index in [4.69, 9.17) is 4.74 Å². The van der Waals surface area contributed by atoms with E-state index in [2.05, 4.69) is 10.2 Å². The van der Waals surface area contributed by atoms with Crippen LogP contribution in [-0.2, 0) is 4.74 Å². The van der Waals surface area contributed by atoms with E-state index in [9.17, 15) is 4.79 Å². The number of amides is 1. The summed E-state index contributed by atoms with van der Waals surface area (Å²) in [6, 6.07) is 1.53. The normalized spacial score (nSPS) is 33.5. The van der Waals surface area contributed by atoms with Crippen LogP contribution in [0.3, 0.4) is 0 Å². The highest BCUT2D eigenvalue weighted by atomic mass is 16.6. The summed E-state index contributed by atoms with van der Waals surface area (Å²) >= 11 is 0. The summed E-state index contributed by atoms with van der Waals surface area (Å²) in [5.41, 5.74) is -0.398. The number of carbonyl (C=O) groups excluding carboxylic acids is 1. The van der Waals surface area contributed by atoms with Crippen molar-refractivity contribution in [2.45, 2.75) is 70.2 Å². The number of likely N-dealkylation sites (tertiary alicyclic amines) is 2. The van der Waals surface area contributed by atoms with Gasteiger partial charge in [0.15, 0.2) is 0 Å². The second kappa shape index (κ2) is 5.76. The molecule has 0 aromatic carbocycles. The van der Waals surface area contributed by atoms with Gasteiger partial charge in [-0.15, -0.1) is 0 Å². The third-order valence-corrected chi connectivity index (χ3v) is 4.85. The van der Waals surface area contributed by atoms with E-state index in [1.165, 1.54) is 19.3 Å². The highest BCUT2D eigenvalue weighted by molar-refractivity contribution is 5.69. The molecule has 2 bridgehead atoms.